The summed E-state index contributed by atoms with van der Waals surface area (Å²) >= 11 is 1.65. The van der Waals surface area contributed by atoms with Crippen LogP contribution in [0.2, 0.25) is 0 Å². The molecule has 0 aliphatic carbocycles. The Morgan fingerprint density at radius 2 is 2.22 bits per heavy atom. The molecule has 1 aliphatic heterocycles. The van der Waals surface area contributed by atoms with Gasteiger partial charge in [-0.3, -0.25) is 9.69 Å². The summed E-state index contributed by atoms with van der Waals surface area (Å²) in [6.45, 7) is 9.43. The third-order valence-electron chi connectivity index (χ3n) is 3.63. The van der Waals surface area contributed by atoms with E-state index in [9.17, 15) is 4.79 Å². The van der Waals surface area contributed by atoms with E-state index in [4.69, 9.17) is 0 Å². The lowest BCUT2D eigenvalue weighted by molar-refractivity contribution is 0.0813. The van der Waals surface area contributed by atoms with Crippen molar-refractivity contribution in [3.05, 3.63) is 21.9 Å². The molecule has 0 atom stereocenters. The van der Waals surface area contributed by atoms with Crippen LogP contribution in [-0.2, 0) is 6.42 Å². The fourth-order valence-electron chi connectivity index (χ4n) is 2.68. The number of ketones is 1. The third kappa shape index (κ3) is 3.42. The molecule has 2 heterocycles. The highest BCUT2D eigenvalue weighted by Crippen LogP contribution is 2.28. The standard InChI is InChI=1S/C15H23NOS/c1-4-12-6-7-14(18-12)13(17)10-16-9-5-8-15(2,3)11-16/h6-7H,4-5,8-11H2,1-3H3. The van der Waals surface area contributed by atoms with E-state index in [1.165, 1.54) is 17.7 Å². The maximum absolute atomic E-state index is 12.2. The molecule has 100 valence electrons. The zero-order valence-electron chi connectivity index (χ0n) is 11.7. The summed E-state index contributed by atoms with van der Waals surface area (Å²) in [5.41, 5.74) is 0.364. The van der Waals surface area contributed by atoms with E-state index < -0.39 is 0 Å². The SMILES string of the molecule is CCc1ccc(C(=O)CN2CCCC(C)(C)C2)s1. The lowest BCUT2D eigenvalue weighted by atomic mass is 9.84. The number of carbonyl (C=O) groups excluding carboxylic acids is 1. The average molecular weight is 265 g/mol. The van der Waals surface area contributed by atoms with Crippen LogP contribution in [0.15, 0.2) is 12.1 Å². The van der Waals surface area contributed by atoms with Crippen LogP contribution in [0, 0.1) is 5.41 Å². The molecule has 0 aromatic carbocycles. The second-order valence-electron chi connectivity index (χ2n) is 6.02. The number of thiophene rings is 1. The maximum atomic E-state index is 12.2. The number of nitrogens with zero attached hydrogens (tertiary/aromatic N) is 1. The van der Waals surface area contributed by atoms with Crippen molar-refractivity contribution in [2.24, 2.45) is 5.41 Å². The van der Waals surface area contributed by atoms with E-state index in [0.29, 0.717) is 12.0 Å². The molecule has 0 unspecified atom stereocenters. The Hall–Kier alpha value is -0.670. The van der Waals surface area contributed by atoms with Crippen molar-refractivity contribution >= 4 is 17.1 Å². The topological polar surface area (TPSA) is 20.3 Å². The molecular formula is C15H23NOS. The Labute approximate surface area is 114 Å². The van der Waals surface area contributed by atoms with E-state index >= 15 is 0 Å². The van der Waals surface area contributed by atoms with E-state index in [1.807, 2.05) is 6.07 Å². The van der Waals surface area contributed by atoms with Crippen LogP contribution in [0.5, 0.6) is 0 Å². The van der Waals surface area contributed by atoms with Crippen molar-refractivity contribution in [3.63, 3.8) is 0 Å². The molecule has 1 aromatic heterocycles. The van der Waals surface area contributed by atoms with E-state index in [2.05, 4.69) is 31.7 Å². The van der Waals surface area contributed by atoms with Gasteiger partial charge in [0.25, 0.3) is 0 Å². The van der Waals surface area contributed by atoms with Crippen LogP contribution >= 0.6 is 11.3 Å². The molecule has 1 saturated heterocycles. The predicted octanol–water partition coefficient (Wildman–Crippen LogP) is 3.62. The van der Waals surface area contributed by atoms with Gasteiger partial charge in [-0.1, -0.05) is 20.8 Å². The van der Waals surface area contributed by atoms with Gasteiger partial charge in [0.2, 0.25) is 0 Å². The lowest BCUT2D eigenvalue weighted by Crippen LogP contribution is -2.42. The quantitative estimate of drug-likeness (QED) is 0.775. The minimum atomic E-state index is 0.289. The van der Waals surface area contributed by atoms with Gasteiger partial charge >= 0.3 is 0 Å². The molecule has 0 N–H and O–H groups in total. The Bertz CT molecular complexity index is 422. The van der Waals surface area contributed by atoms with Crippen molar-refractivity contribution in [1.82, 2.24) is 4.90 Å². The summed E-state index contributed by atoms with van der Waals surface area (Å²) < 4.78 is 0. The molecule has 1 fully saturated rings. The number of hydrogen-bond donors (Lipinski definition) is 0. The van der Waals surface area contributed by atoms with Gasteiger partial charge in [0.1, 0.15) is 0 Å². The zero-order valence-corrected chi connectivity index (χ0v) is 12.5. The monoisotopic (exact) mass is 265 g/mol. The van der Waals surface area contributed by atoms with Gasteiger partial charge in [0, 0.05) is 11.4 Å². The molecule has 0 bridgehead atoms. The molecule has 2 rings (SSSR count). The molecule has 1 aliphatic rings. The van der Waals surface area contributed by atoms with E-state index in [-0.39, 0.29) is 5.78 Å². The Morgan fingerprint density at radius 3 is 2.83 bits per heavy atom. The molecule has 0 spiro atoms. The van der Waals surface area contributed by atoms with Crippen LogP contribution in [0.3, 0.4) is 0 Å². The minimum Gasteiger partial charge on any atom is -0.295 e. The fourth-order valence-corrected chi connectivity index (χ4v) is 3.56. The van der Waals surface area contributed by atoms with E-state index in [1.54, 1.807) is 11.3 Å². The van der Waals surface area contributed by atoms with Crippen LogP contribution in [0.25, 0.3) is 0 Å². The molecule has 0 saturated carbocycles. The van der Waals surface area contributed by atoms with Crippen molar-refractivity contribution in [3.8, 4) is 0 Å². The summed E-state index contributed by atoms with van der Waals surface area (Å²) in [7, 11) is 0. The van der Waals surface area contributed by atoms with Crippen molar-refractivity contribution < 1.29 is 4.79 Å². The second kappa shape index (κ2) is 5.54. The Kier molecular flexibility index (Phi) is 4.23. The van der Waals surface area contributed by atoms with Crippen LogP contribution in [0.4, 0.5) is 0 Å². The van der Waals surface area contributed by atoms with Crippen molar-refractivity contribution in [2.45, 2.75) is 40.0 Å². The van der Waals surface area contributed by atoms with Gasteiger partial charge in [-0.25, -0.2) is 0 Å². The van der Waals surface area contributed by atoms with Gasteiger partial charge in [-0.15, -0.1) is 11.3 Å². The molecular weight excluding hydrogens is 242 g/mol. The normalized spacial score (nSPS) is 19.9. The first kappa shape index (κ1) is 13.8. The Balaban J connectivity index is 1.94. The van der Waals surface area contributed by atoms with Crippen LogP contribution < -0.4 is 0 Å². The highest BCUT2D eigenvalue weighted by Gasteiger charge is 2.27. The average Bonchev–Trinajstić information content (AvgIpc) is 2.76. The smallest absolute Gasteiger partial charge is 0.186 e. The fraction of sp³-hybridized carbons (Fsp3) is 0.667. The number of piperidine rings is 1. The molecule has 3 heteroatoms. The number of aryl methyl sites for hydroxylation is 1. The highest BCUT2D eigenvalue weighted by atomic mass is 32.1. The molecule has 1 aromatic rings. The largest absolute Gasteiger partial charge is 0.295 e. The van der Waals surface area contributed by atoms with Crippen molar-refractivity contribution in [1.29, 1.82) is 0 Å². The summed E-state index contributed by atoms with van der Waals surface area (Å²) in [4.78, 5) is 16.8. The van der Waals surface area contributed by atoms with Crippen LogP contribution in [-0.4, -0.2) is 30.3 Å². The minimum absolute atomic E-state index is 0.289. The first-order chi connectivity index (χ1) is 8.50. The zero-order chi connectivity index (χ0) is 13.2. The highest BCUT2D eigenvalue weighted by molar-refractivity contribution is 7.14. The summed E-state index contributed by atoms with van der Waals surface area (Å²) in [6, 6.07) is 4.07. The number of carbonyl (C=O) groups is 1. The predicted molar refractivity (Wildman–Crippen MR) is 77.5 cm³/mol. The molecule has 18 heavy (non-hydrogen) atoms. The maximum Gasteiger partial charge on any atom is 0.186 e. The van der Waals surface area contributed by atoms with Crippen molar-refractivity contribution in [2.75, 3.05) is 19.6 Å². The molecule has 0 amide bonds. The number of likely N-dealkylation sites (tertiary alicyclic amines) is 1. The Morgan fingerprint density at radius 1 is 1.44 bits per heavy atom. The van der Waals surface area contributed by atoms with Gasteiger partial charge in [-0.05, 0) is 43.4 Å². The third-order valence-corrected chi connectivity index (χ3v) is 4.90. The van der Waals surface area contributed by atoms with Gasteiger partial charge in [0.05, 0.1) is 11.4 Å². The summed E-state index contributed by atoms with van der Waals surface area (Å²) in [5, 5.41) is 0. The first-order valence-corrected chi connectivity index (χ1v) is 7.66. The van der Waals surface area contributed by atoms with Gasteiger partial charge in [-0.2, -0.15) is 0 Å². The van der Waals surface area contributed by atoms with Crippen LogP contribution in [0.1, 0.15) is 48.2 Å². The van der Waals surface area contributed by atoms with Gasteiger partial charge in [0.15, 0.2) is 5.78 Å². The number of Topliss-reactive ketones (excluding diaryl/α,β-unsaturated/α-hetero) is 1. The second-order valence-corrected chi connectivity index (χ2v) is 7.19. The summed E-state index contributed by atoms with van der Waals surface area (Å²) in [6.07, 6.45) is 3.51. The van der Waals surface area contributed by atoms with E-state index in [0.717, 1.165) is 24.4 Å². The lowest BCUT2D eigenvalue weighted by Gasteiger charge is -2.37. The first-order valence-electron chi connectivity index (χ1n) is 6.84. The summed E-state index contributed by atoms with van der Waals surface area (Å²) in [5.74, 6) is 0.289. The number of rotatable bonds is 4. The van der Waals surface area contributed by atoms with Gasteiger partial charge < -0.3 is 0 Å². The number of hydrogen-bond acceptors (Lipinski definition) is 3. The molecule has 0 radical (unpaired) electrons. The molecule has 2 nitrogen and oxygen atoms in total.